The molecule has 0 saturated heterocycles. The third-order valence-corrected chi connectivity index (χ3v) is 2.85. The van der Waals surface area contributed by atoms with Gasteiger partial charge in [0.05, 0.1) is 0 Å². The van der Waals surface area contributed by atoms with Crippen LogP contribution in [0.15, 0.2) is 0 Å². The predicted octanol–water partition coefficient (Wildman–Crippen LogP) is 1.66. The first-order valence-corrected chi connectivity index (χ1v) is 4.92. The molecule has 2 nitrogen and oxygen atoms in total. The van der Waals surface area contributed by atoms with Gasteiger partial charge in [0.2, 0.25) is 0 Å². The predicted molar refractivity (Wildman–Crippen MR) is 50.9 cm³/mol. The molecule has 3 atom stereocenters. The Labute approximate surface area is 75.6 Å². The Morgan fingerprint density at radius 1 is 1.00 bits per heavy atom. The minimum atomic E-state index is 0.231. The lowest BCUT2D eigenvalue weighted by molar-refractivity contribution is 0.0989. The van der Waals surface area contributed by atoms with E-state index in [0.717, 1.165) is 12.8 Å². The lowest BCUT2D eigenvalue weighted by Gasteiger charge is -2.27. The van der Waals surface area contributed by atoms with Crippen LogP contribution in [0.5, 0.6) is 0 Å². The van der Waals surface area contributed by atoms with E-state index in [2.05, 4.69) is 13.8 Å². The van der Waals surface area contributed by atoms with Crippen molar-refractivity contribution in [2.24, 2.45) is 17.8 Å². The van der Waals surface area contributed by atoms with Crippen molar-refractivity contribution in [3.05, 3.63) is 0 Å². The maximum atomic E-state index is 9.09. The molecule has 0 aliphatic rings. The minimum Gasteiger partial charge on any atom is -0.396 e. The average Bonchev–Trinajstić information content (AvgIpc) is 2.12. The second-order valence-electron chi connectivity index (χ2n) is 3.58. The van der Waals surface area contributed by atoms with Crippen LogP contribution in [0.1, 0.15) is 33.6 Å². The minimum absolute atomic E-state index is 0.231. The summed E-state index contributed by atoms with van der Waals surface area (Å²) < 4.78 is 0. The Kier molecular flexibility index (Phi) is 6.39. The summed E-state index contributed by atoms with van der Waals surface area (Å²) in [4.78, 5) is 0. The van der Waals surface area contributed by atoms with E-state index >= 15 is 0 Å². The summed E-state index contributed by atoms with van der Waals surface area (Å²) in [5.41, 5.74) is 0. The van der Waals surface area contributed by atoms with Crippen molar-refractivity contribution in [3.63, 3.8) is 0 Å². The van der Waals surface area contributed by atoms with Crippen LogP contribution in [0.4, 0.5) is 0 Å². The zero-order chi connectivity index (χ0) is 9.56. The molecule has 0 rings (SSSR count). The molecule has 0 spiro atoms. The van der Waals surface area contributed by atoms with Crippen molar-refractivity contribution in [2.75, 3.05) is 13.2 Å². The fraction of sp³-hybridized carbons (Fsp3) is 1.00. The van der Waals surface area contributed by atoms with E-state index in [4.69, 9.17) is 10.2 Å². The molecule has 2 N–H and O–H groups in total. The first kappa shape index (κ1) is 11.9. The third-order valence-electron chi connectivity index (χ3n) is 2.85. The molecule has 0 aromatic rings. The van der Waals surface area contributed by atoms with Crippen LogP contribution in [0.2, 0.25) is 0 Å². The van der Waals surface area contributed by atoms with Gasteiger partial charge < -0.3 is 10.2 Å². The zero-order valence-corrected chi connectivity index (χ0v) is 8.45. The van der Waals surface area contributed by atoms with Gasteiger partial charge >= 0.3 is 0 Å². The summed E-state index contributed by atoms with van der Waals surface area (Å²) in [5.74, 6) is 1.13. The van der Waals surface area contributed by atoms with E-state index in [-0.39, 0.29) is 13.2 Å². The molecule has 12 heavy (non-hydrogen) atoms. The van der Waals surface area contributed by atoms with Crippen molar-refractivity contribution in [1.82, 2.24) is 0 Å². The molecule has 0 bridgehead atoms. The highest BCUT2D eigenvalue weighted by Crippen LogP contribution is 2.26. The third kappa shape index (κ3) is 3.11. The molecule has 74 valence electrons. The van der Waals surface area contributed by atoms with Crippen molar-refractivity contribution >= 4 is 0 Å². The highest BCUT2D eigenvalue weighted by atomic mass is 16.3. The van der Waals surface area contributed by atoms with E-state index in [1.165, 1.54) is 0 Å². The van der Waals surface area contributed by atoms with Crippen LogP contribution in [0.3, 0.4) is 0 Å². The Morgan fingerprint density at radius 2 is 1.58 bits per heavy atom. The van der Waals surface area contributed by atoms with Crippen molar-refractivity contribution in [1.29, 1.82) is 0 Å². The Hall–Kier alpha value is -0.0800. The lowest BCUT2D eigenvalue weighted by Crippen LogP contribution is -2.25. The molecule has 0 heterocycles. The quantitative estimate of drug-likeness (QED) is 0.643. The summed E-state index contributed by atoms with van der Waals surface area (Å²) >= 11 is 0. The smallest absolute Gasteiger partial charge is 0.0461 e. The van der Waals surface area contributed by atoms with E-state index in [0.29, 0.717) is 17.8 Å². The van der Waals surface area contributed by atoms with Crippen LogP contribution >= 0.6 is 0 Å². The fourth-order valence-electron chi connectivity index (χ4n) is 1.90. The molecule has 0 saturated carbocycles. The molecular weight excluding hydrogens is 152 g/mol. The van der Waals surface area contributed by atoms with Crippen molar-refractivity contribution < 1.29 is 10.2 Å². The van der Waals surface area contributed by atoms with E-state index in [1.54, 1.807) is 0 Å². The summed E-state index contributed by atoms with van der Waals surface area (Å²) in [5, 5.41) is 18.1. The summed E-state index contributed by atoms with van der Waals surface area (Å²) in [6.45, 7) is 6.74. The standard InChI is InChI=1S/C10H22O2/c1-4-9(7-12)10(5-2)8(3)6-11/h8-12H,4-7H2,1-3H3. The van der Waals surface area contributed by atoms with Gasteiger partial charge in [-0.15, -0.1) is 0 Å². The van der Waals surface area contributed by atoms with Crippen LogP contribution < -0.4 is 0 Å². The molecule has 0 fully saturated rings. The monoisotopic (exact) mass is 174 g/mol. The summed E-state index contributed by atoms with van der Waals surface area (Å²) in [7, 11) is 0. The van der Waals surface area contributed by atoms with Gasteiger partial charge in [0.25, 0.3) is 0 Å². The molecule has 3 unspecified atom stereocenters. The number of hydrogen-bond acceptors (Lipinski definition) is 2. The Morgan fingerprint density at radius 3 is 1.83 bits per heavy atom. The molecule has 2 heteroatoms. The van der Waals surface area contributed by atoms with Gasteiger partial charge in [-0.3, -0.25) is 0 Å². The van der Waals surface area contributed by atoms with Gasteiger partial charge in [-0.25, -0.2) is 0 Å². The molecule has 0 aliphatic heterocycles. The normalized spacial score (nSPS) is 18.8. The van der Waals surface area contributed by atoms with Crippen LogP contribution in [0, 0.1) is 17.8 Å². The Balaban J connectivity index is 4.09. The zero-order valence-electron chi connectivity index (χ0n) is 8.45. The first-order valence-electron chi connectivity index (χ1n) is 4.92. The van der Waals surface area contributed by atoms with Crippen LogP contribution in [0.25, 0.3) is 0 Å². The van der Waals surface area contributed by atoms with Crippen molar-refractivity contribution in [2.45, 2.75) is 33.6 Å². The maximum Gasteiger partial charge on any atom is 0.0461 e. The second kappa shape index (κ2) is 6.44. The number of rotatable bonds is 6. The Bertz CT molecular complexity index is 100. The average molecular weight is 174 g/mol. The van der Waals surface area contributed by atoms with Gasteiger partial charge in [0.1, 0.15) is 0 Å². The first-order chi connectivity index (χ1) is 5.71. The SMILES string of the molecule is CCC(CO)C(CC)C(C)CO. The van der Waals surface area contributed by atoms with Crippen molar-refractivity contribution in [3.8, 4) is 0 Å². The highest BCUT2D eigenvalue weighted by molar-refractivity contribution is 4.71. The van der Waals surface area contributed by atoms with Crippen LogP contribution in [-0.4, -0.2) is 23.4 Å². The van der Waals surface area contributed by atoms with Gasteiger partial charge in [0, 0.05) is 13.2 Å². The van der Waals surface area contributed by atoms with Crippen LogP contribution in [-0.2, 0) is 0 Å². The maximum absolute atomic E-state index is 9.09. The largest absolute Gasteiger partial charge is 0.396 e. The molecule has 0 aromatic heterocycles. The van der Waals surface area contributed by atoms with Gasteiger partial charge in [-0.2, -0.15) is 0 Å². The molecule has 0 aliphatic carbocycles. The van der Waals surface area contributed by atoms with E-state index in [9.17, 15) is 0 Å². The van der Waals surface area contributed by atoms with E-state index < -0.39 is 0 Å². The number of aliphatic hydroxyl groups is 2. The molecule has 0 aromatic carbocycles. The number of aliphatic hydroxyl groups excluding tert-OH is 2. The topological polar surface area (TPSA) is 40.5 Å². The van der Waals surface area contributed by atoms with Gasteiger partial charge in [0.15, 0.2) is 0 Å². The second-order valence-corrected chi connectivity index (χ2v) is 3.58. The lowest BCUT2D eigenvalue weighted by atomic mass is 9.80. The molecule has 0 radical (unpaired) electrons. The van der Waals surface area contributed by atoms with E-state index in [1.807, 2.05) is 6.92 Å². The summed E-state index contributed by atoms with van der Waals surface area (Å²) in [6, 6.07) is 0. The molecule has 0 amide bonds. The van der Waals surface area contributed by atoms with Gasteiger partial charge in [-0.1, -0.05) is 33.6 Å². The molecular formula is C10H22O2. The fourth-order valence-corrected chi connectivity index (χ4v) is 1.90. The van der Waals surface area contributed by atoms with Gasteiger partial charge in [-0.05, 0) is 17.8 Å². The number of hydrogen-bond donors (Lipinski definition) is 2. The highest BCUT2D eigenvalue weighted by Gasteiger charge is 2.22. The summed E-state index contributed by atoms with van der Waals surface area (Å²) in [6.07, 6.45) is 2.04.